The van der Waals surface area contributed by atoms with Gasteiger partial charge < -0.3 is 10.5 Å². The zero-order valence-electron chi connectivity index (χ0n) is 11.5. The number of ether oxygens (including phenoxy) is 1. The molecule has 17 heavy (non-hydrogen) atoms. The van der Waals surface area contributed by atoms with Gasteiger partial charge >= 0.3 is 0 Å². The van der Waals surface area contributed by atoms with E-state index in [4.69, 9.17) is 10.5 Å². The molecule has 0 aliphatic rings. The average molecular weight is 235 g/mol. The van der Waals surface area contributed by atoms with Crippen molar-refractivity contribution in [1.29, 1.82) is 0 Å². The lowest BCUT2D eigenvalue weighted by molar-refractivity contribution is 0.0417. The largest absolute Gasteiger partial charge is 0.377 e. The van der Waals surface area contributed by atoms with Gasteiger partial charge in [-0.2, -0.15) is 0 Å². The second-order valence-corrected chi connectivity index (χ2v) is 4.64. The summed E-state index contributed by atoms with van der Waals surface area (Å²) < 4.78 is 5.68. The fraction of sp³-hybridized carbons (Fsp3) is 0.600. The zero-order chi connectivity index (χ0) is 12.8. The minimum absolute atomic E-state index is 0.0831. The lowest BCUT2D eigenvalue weighted by Gasteiger charge is -2.24. The molecule has 1 rings (SSSR count). The molecule has 0 aromatic heterocycles. The van der Waals surface area contributed by atoms with Gasteiger partial charge in [-0.1, -0.05) is 25.1 Å². The van der Waals surface area contributed by atoms with Gasteiger partial charge in [-0.05, 0) is 50.3 Å². The van der Waals surface area contributed by atoms with E-state index in [0.29, 0.717) is 0 Å². The van der Waals surface area contributed by atoms with Crippen LogP contribution in [0.5, 0.6) is 0 Å². The third kappa shape index (κ3) is 3.83. The Morgan fingerprint density at radius 1 is 1.18 bits per heavy atom. The first-order valence-corrected chi connectivity index (χ1v) is 6.52. The third-order valence-corrected chi connectivity index (χ3v) is 3.34. The summed E-state index contributed by atoms with van der Waals surface area (Å²) >= 11 is 0. The van der Waals surface area contributed by atoms with Gasteiger partial charge in [0, 0.05) is 12.6 Å². The summed E-state index contributed by atoms with van der Waals surface area (Å²) in [7, 11) is 0. The number of benzene rings is 1. The predicted octanol–water partition coefficient (Wildman–Crippen LogP) is 2.99. The van der Waals surface area contributed by atoms with E-state index in [2.05, 4.69) is 39.0 Å². The van der Waals surface area contributed by atoms with Crippen LogP contribution in [0.1, 0.15) is 37.0 Å². The van der Waals surface area contributed by atoms with Crippen LogP contribution < -0.4 is 5.73 Å². The Labute approximate surface area is 105 Å². The summed E-state index contributed by atoms with van der Waals surface area (Å²) in [6.07, 6.45) is 2.04. The molecule has 0 bridgehead atoms. The highest BCUT2D eigenvalue weighted by atomic mass is 16.5. The highest BCUT2D eigenvalue weighted by molar-refractivity contribution is 5.34. The molecule has 2 unspecified atom stereocenters. The van der Waals surface area contributed by atoms with Crippen LogP contribution in [-0.4, -0.2) is 18.8 Å². The van der Waals surface area contributed by atoms with E-state index in [-0.39, 0.29) is 12.1 Å². The van der Waals surface area contributed by atoms with Crippen LogP contribution in [0.25, 0.3) is 0 Å². The van der Waals surface area contributed by atoms with Crippen LogP contribution in [0, 0.1) is 13.8 Å². The Morgan fingerprint density at radius 2 is 1.76 bits per heavy atom. The summed E-state index contributed by atoms with van der Waals surface area (Å²) in [5.41, 5.74) is 10.3. The lowest BCUT2D eigenvalue weighted by atomic mass is 9.94. The highest BCUT2D eigenvalue weighted by Crippen LogP contribution is 2.17. The van der Waals surface area contributed by atoms with Crippen molar-refractivity contribution in [2.75, 3.05) is 6.61 Å². The zero-order valence-corrected chi connectivity index (χ0v) is 11.5. The molecule has 2 N–H and O–H groups in total. The summed E-state index contributed by atoms with van der Waals surface area (Å²) in [5, 5.41) is 0. The normalized spacial score (nSPS) is 14.6. The molecule has 0 spiro atoms. The second-order valence-electron chi connectivity index (χ2n) is 4.64. The molecule has 0 aliphatic carbocycles. The van der Waals surface area contributed by atoms with Crippen LogP contribution in [-0.2, 0) is 11.2 Å². The van der Waals surface area contributed by atoms with Crippen LogP contribution >= 0.6 is 0 Å². The van der Waals surface area contributed by atoms with Gasteiger partial charge in [0.05, 0.1) is 6.10 Å². The van der Waals surface area contributed by atoms with Crippen molar-refractivity contribution in [3.05, 3.63) is 34.9 Å². The Morgan fingerprint density at radius 3 is 2.24 bits per heavy atom. The number of hydrogen-bond donors (Lipinski definition) is 1. The van der Waals surface area contributed by atoms with E-state index in [1.165, 1.54) is 16.7 Å². The first-order chi connectivity index (χ1) is 8.10. The number of hydrogen-bond acceptors (Lipinski definition) is 2. The maximum absolute atomic E-state index is 6.26. The minimum Gasteiger partial charge on any atom is -0.377 e. The molecule has 2 atom stereocenters. The van der Waals surface area contributed by atoms with Crippen molar-refractivity contribution >= 4 is 0 Å². The van der Waals surface area contributed by atoms with E-state index in [0.717, 1.165) is 19.4 Å². The van der Waals surface area contributed by atoms with Gasteiger partial charge in [0.1, 0.15) is 0 Å². The maximum atomic E-state index is 6.26. The molecule has 0 saturated carbocycles. The molecule has 2 heteroatoms. The molecule has 0 aliphatic heterocycles. The Bertz CT molecular complexity index is 329. The van der Waals surface area contributed by atoms with Crippen molar-refractivity contribution < 1.29 is 4.74 Å². The van der Waals surface area contributed by atoms with Crippen LogP contribution in [0.15, 0.2) is 18.2 Å². The van der Waals surface area contributed by atoms with Crippen LogP contribution in [0.2, 0.25) is 0 Å². The van der Waals surface area contributed by atoms with Crippen molar-refractivity contribution in [2.24, 2.45) is 5.73 Å². The Balaban J connectivity index is 2.76. The van der Waals surface area contributed by atoms with E-state index in [1.54, 1.807) is 0 Å². The monoisotopic (exact) mass is 235 g/mol. The van der Waals surface area contributed by atoms with Gasteiger partial charge in [0.2, 0.25) is 0 Å². The van der Waals surface area contributed by atoms with E-state index in [1.807, 2.05) is 6.92 Å². The van der Waals surface area contributed by atoms with Gasteiger partial charge in [-0.25, -0.2) is 0 Å². The van der Waals surface area contributed by atoms with Gasteiger partial charge in [0.15, 0.2) is 0 Å². The van der Waals surface area contributed by atoms with Gasteiger partial charge in [0.25, 0.3) is 0 Å². The smallest absolute Gasteiger partial charge is 0.0726 e. The van der Waals surface area contributed by atoms with Gasteiger partial charge in [-0.15, -0.1) is 0 Å². The SMILES string of the molecule is CCOC(CC)C(N)Cc1c(C)cccc1C. The standard InChI is InChI=1S/C15H25NO/c1-5-15(17-6-2)14(16)10-13-11(3)8-7-9-12(13)4/h7-9,14-15H,5-6,10,16H2,1-4H3. The predicted molar refractivity (Wildman–Crippen MR) is 73.3 cm³/mol. The van der Waals surface area contributed by atoms with E-state index in [9.17, 15) is 0 Å². The molecular weight excluding hydrogens is 210 g/mol. The topological polar surface area (TPSA) is 35.2 Å². The molecule has 1 aromatic carbocycles. The van der Waals surface area contributed by atoms with Gasteiger partial charge in [-0.3, -0.25) is 0 Å². The minimum atomic E-state index is 0.0831. The third-order valence-electron chi connectivity index (χ3n) is 3.34. The average Bonchev–Trinajstić information content (AvgIpc) is 2.30. The lowest BCUT2D eigenvalue weighted by Crippen LogP contribution is -2.38. The Kier molecular flexibility index (Phi) is 5.66. The summed E-state index contributed by atoms with van der Waals surface area (Å²) in [6.45, 7) is 9.19. The van der Waals surface area contributed by atoms with E-state index >= 15 is 0 Å². The molecule has 0 fully saturated rings. The number of aryl methyl sites for hydroxylation is 2. The van der Waals surface area contributed by atoms with Crippen molar-refractivity contribution in [3.63, 3.8) is 0 Å². The highest BCUT2D eigenvalue weighted by Gasteiger charge is 2.18. The first kappa shape index (κ1) is 14.2. The summed E-state index contributed by atoms with van der Waals surface area (Å²) in [4.78, 5) is 0. The fourth-order valence-corrected chi connectivity index (χ4v) is 2.30. The molecule has 0 saturated heterocycles. The molecular formula is C15H25NO. The molecule has 0 amide bonds. The van der Waals surface area contributed by atoms with E-state index < -0.39 is 0 Å². The molecule has 0 radical (unpaired) electrons. The Hall–Kier alpha value is -0.860. The van der Waals surface area contributed by atoms with Crippen molar-refractivity contribution in [3.8, 4) is 0 Å². The fourth-order valence-electron chi connectivity index (χ4n) is 2.30. The molecule has 0 heterocycles. The molecule has 96 valence electrons. The summed E-state index contributed by atoms with van der Waals surface area (Å²) in [6, 6.07) is 6.48. The second kappa shape index (κ2) is 6.77. The quantitative estimate of drug-likeness (QED) is 0.822. The van der Waals surface area contributed by atoms with Crippen molar-refractivity contribution in [2.45, 2.75) is 52.7 Å². The van der Waals surface area contributed by atoms with Crippen LogP contribution in [0.3, 0.4) is 0 Å². The van der Waals surface area contributed by atoms with Crippen LogP contribution in [0.4, 0.5) is 0 Å². The maximum Gasteiger partial charge on any atom is 0.0726 e. The number of nitrogens with two attached hydrogens (primary N) is 1. The summed E-state index contributed by atoms with van der Waals surface area (Å²) in [5.74, 6) is 0. The first-order valence-electron chi connectivity index (χ1n) is 6.52. The molecule has 1 aromatic rings. The van der Waals surface area contributed by atoms with Crippen molar-refractivity contribution in [1.82, 2.24) is 0 Å². The number of rotatable bonds is 6. The molecule has 2 nitrogen and oxygen atoms in total.